The Morgan fingerprint density at radius 3 is 2.02 bits per heavy atom. The molecular weight excluding hydrogens is 837 g/mol. The second kappa shape index (κ2) is 20.1. The number of para-hydroxylation sites is 2. The number of nitrogens with zero attached hydrogens (tertiary/aromatic N) is 6. The molecule has 2 N–H and O–H groups in total. The number of Topliss-reactive ketones (excluding diaryl/α,β-unsaturated/α-hetero) is 1. The Kier molecular flexibility index (Phi) is 16.0. The van der Waals surface area contributed by atoms with Gasteiger partial charge in [0.05, 0.1) is 52.4 Å². The number of carboxylic acids is 2. The maximum Gasteiger partial charge on any atom is 1.00 e. The Balaban J connectivity index is 0.00000397. The van der Waals surface area contributed by atoms with Gasteiger partial charge in [0.25, 0.3) is 21.9 Å². The normalized spacial score (nSPS) is 14.3. The zero-order valence-corrected chi connectivity index (χ0v) is 38.5. The van der Waals surface area contributed by atoms with Crippen LogP contribution in [0.4, 0.5) is 22.7 Å². The molecule has 0 aromatic heterocycles. The van der Waals surface area contributed by atoms with E-state index in [-0.39, 0.29) is 120 Å². The number of hydrogen-bond donors (Lipinski definition) is 2. The van der Waals surface area contributed by atoms with Crippen molar-refractivity contribution in [2.24, 2.45) is 25.6 Å². The van der Waals surface area contributed by atoms with Crippen LogP contribution in [0, 0.1) is 0 Å². The molecule has 2 amide bonds. The van der Waals surface area contributed by atoms with Crippen LogP contribution in [0.15, 0.2) is 128 Å². The van der Waals surface area contributed by atoms with Crippen LogP contribution in [0.2, 0.25) is 0 Å². The van der Waals surface area contributed by atoms with E-state index in [2.05, 4.69) is 30.9 Å². The number of benzene rings is 5. The number of anilines is 2. The minimum Gasteiger partial charge on any atom is -0.545 e. The molecule has 0 spiro atoms. The van der Waals surface area contributed by atoms with Gasteiger partial charge in [-0.25, -0.2) is 0 Å². The number of hydrogen-bond acceptors (Lipinski definition) is 15. The zero-order chi connectivity index (χ0) is 41.9. The Morgan fingerprint density at radius 2 is 1.43 bits per heavy atom. The first-order valence-electron chi connectivity index (χ1n) is 16.9. The third-order valence-electron chi connectivity index (χ3n) is 8.76. The molecule has 0 aliphatic carbocycles. The van der Waals surface area contributed by atoms with Crippen LogP contribution < -0.4 is 106 Å². The first-order chi connectivity index (χ1) is 27.5. The molecule has 1 aliphatic rings. The van der Waals surface area contributed by atoms with Crippen molar-refractivity contribution < 1.29 is 133 Å². The summed E-state index contributed by atoms with van der Waals surface area (Å²) < 4.78 is 37.6. The van der Waals surface area contributed by atoms with Gasteiger partial charge in [0, 0.05) is 11.1 Å². The summed E-state index contributed by atoms with van der Waals surface area (Å²) in [5, 5.41) is 49.1. The molecule has 0 radical (unpaired) electrons. The maximum atomic E-state index is 13.4. The minimum absolute atomic E-state index is 0. The second-order valence-electron chi connectivity index (χ2n) is 12.6. The quantitative estimate of drug-likeness (QED) is 0.0568. The zero-order valence-electron chi connectivity index (χ0n) is 32.5. The average molecular weight is 866 g/mol. The van der Waals surface area contributed by atoms with E-state index in [1.54, 1.807) is 36.4 Å². The molecule has 294 valence electrons. The number of carbonyl (C=O) groups excluding carboxylic acids is 5. The molecule has 60 heavy (non-hydrogen) atoms. The topological polar surface area (TPSA) is 272 Å². The molecule has 18 nitrogen and oxygen atoms in total. The van der Waals surface area contributed by atoms with Gasteiger partial charge in [0.1, 0.15) is 5.75 Å². The van der Waals surface area contributed by atoms with Crippen LogP contribution >= 0.6 is 0 Å². The number of aromatic carboxylic acids is 2. The van der Waals surface area contributed by atoms with Gasteiger partial charge in [0.2, 0.25) is 6.04 Å². The van der Waals surface area contributed by atoms with Crippen LogP contribution in [-0.4, -0.2) is 67.4 Å². The summed E-state index contributed by atoms with van der Waals surface area (Å²) in [5.74, 6) is -5.14. The van der Waals surface area contributed by atoms with Gasteiger partial charge in [-0.15, -0.1) is 0 Å². The molecule has 0 saturated heterocycles. The summed E-state index contributed by atoms with van der Waals surface area (Å²) in [7, 11) is -3.03. The van der Waals surface area contributed by atoms with Crippen LogP contribution in [0.3, 0.4) is 0 Å². The van der Waals surface area contributed by atoms with Crippen LogP contribution in [-0.2, 0) is 24.5 Å². The number of ketones is 1. The number of ether oxygens (including phenoxy) is 1. The molecule has 5 aromatic rings. The van der Waals surface area contributed by atoms with Crippen molar-refractivity contribution in [2.45, 2.75) is 30.8 Å². The molecule has 21 heteroatoms. The summed E-state index contributed by atoms with van der Waals surface area (Å²) in [4.78, 5) is 62.8. The van der Waals surface area contributed by atoms with Gasteiger partial charge in [-0.3, -0.25) is 18.9 Å². The molecule has 0 saturated carbocycles. The van der Waals surface area contributed by atoms with Gasteiger partial charge in [-0.05, 0) is 96.4 Å². The molecule has 6 rings (SSSR count). The molecular formula is C39H29KN7NaO11S. The molecule has 0 fully saturated rings. The Morgan fingerprint density at radius 1 is 0.850 bits per heavy atom. The fraction of sp³-hybridized carbons (Fsp3) is 0.128. The number of hydrazone groups is 1. The van der Waals surface area contributed by atoms with E-state index in [0.29, 0.717) is 22.2 Å². The van der Waals surface area contributed by atoms with E-state index in [4.69, 9.17) is 4.74 Å². The van der Waals surface area contributed by atoms with E-state index in [1.165, 1.54) is 68.6 Å². The standard InChI is InChI=1S/C39H31N7O11S.K.Na/c1-20-34(37(49)46(45-20)26-12-8-23-17-27(58(54,55)56)13-9-22(23)16-26)43-41-30-14-10-24(18-28(30)38(50)51)25-11-15-31(29(19-25)39(52)53)42-44-35(21(2)47)36(48)40-32-6-4-5-7-33(32)57-3;;/h4-19,34-35H,1-3H3,(H,40,48)(H,50,51)(H,52,53)(H,54,55,56);;/q;2*+1/p-2. The van der Waals surface area contributed by atoms with Crippen LogP contribution in [0.5, 0.6) is 5.75 Å². The van der Waals surface area contributed by atoms with Crippen molar-refractivity contribution in [3.8, 4) is 16.9 Å². The molecule has 2 atom stereocenters. The number of nitrogens with one attached hydrogen (secondary N) is 1. The van der Waals surface area contributed by atoms with Crippen LogP contribution in [0.25, 0.3) is 21.9 Å². The van der Waals surface area contributed by atoms with Gasteiger partial charge in [-0.1, -0.05) is 36.4 Å². The van der Waals surface area contributed by atoms with Crippen molar-refractivity contribution in [2.75, 3.05) is 17.4 Å². The number of amides is 2. The van der Waals surface area contributed by atoms with Crippen molar-refractivity contribution in [3.05, 3.63) is 108 Å². The van der Waals surface area contributed by atoms with Crippen molar-refractivity contribution >= 4 is 78.9 Å². The SMILES string of the molecule is COc1ccccc1NC(=O)C(N=Nc1ccc(-c2ccc(N=NC3C(=O)N(c4ccc5cc(S(=O)(=O)O)ccc5c4)N=C3C)c(C(=O)[O-])c2)cc1C(=O)[O-])C(C)=O.[K+].[Na+]. The summed E-state index contributed by atoms with van der Waals surface area (Å²) in [5.41, 5.74) is -0.126. The van der Waals surface area contributed by atoms with Crippen molar-refractivity contribution in [3.63, 3.8) is 0 Å². The summed E-state index contributed by atoms with van der Waals surface area (Å²) in [6.45, 7) is 2.64. The fourth-order valence-corrected chi connectivity index (χ4v) is 6.33. The largest absolute Gasteiger partial charge is 1.00 e. The number of carboxylic acid groups (broad SMARTS) is 2. The van der Waals surface area contributed by atoms with E-state index in [1.807, 2.05) is 0 Å². The fourth-order valence-electron chi connectivity index (χ4n) is 5.82. The monoisotopic (exact) mass is 865 g/mol. The Labute approximate surface area is 406 Å². The average Bonchev–Trinajstić information content (AvgIpc) is 3.48. The molecule has 2 unspecified atom stereocenters. The van der Waals surface area contributed by atoms with E-state index in [9.17, 15) is 47.2 Å². The molecule has 0 bridgehead atoms. The van der Waals surface area contributed by atoms with E-state index < -0.39 is 62.9 Å². The van der Waals surface area contributed by atoms with Gasteiger partial charge >= 0.3 is 80.9 Å². The summed E-state index contributed by atoms with van der Waals surface area (Å²) in [6, 6.07) is 19.8. The van der Waals surface area contributed by atoms with Crippen molar-refractivity contribution in [1.82, 2.24) is 0 Å². The van der Waals surface area contributed by atoms with Gasteiger partial charge in [0.15, 0.2) is 11.8 Å². The van der Waals surface area contributed by atoms with Crippen LogP contribution in [0.1, 0.15) is 34.6 Å². The number of fused-ring (bicyclic) bond motifs is 1. The first kappa shape index (κ1) is 47.8. The molecule has 1 heterocycles. The smallest absolute Gasteiger partial charge is 0.545 e. The Hall–Kier alpha value is -4.87. The number of methoxy groups -OCH3 is 1. The second-order valence-corrected chi connectivity index (χ2v) is 14.1. The summed E-state index contributed by atoms with van der Waals surface area (Å²) in [6.07, 6.45) is 0. The van der Waals surface area contributed by atoms with E-state index in [0.717, 1.165) is 18.0 Å². The maximum absolute atomic E-state index is 13.4. The Bertz CT molecular complexity index is 2760. The third kappa shape index (κ3) is 10.7. The number of azo groups is 2. The number of carbonyl (C=O) groups is 5. The van der Waals surface area contributed by atoms with Gasteiger partial charge in [-0.2, -0.15) is 39.0 Å². The minimum atomic E-state index is -4.42. The van der Waals surface area contributed by atoms with Gasteiger partial charge < -0.3 is 29.9 Å². The molecule has 1 aliphatic heterocycles. The first-order valence-corrected chi connectivity index (χ1v) is 18.4. The number of rotatable bonds is 13. The third-order valence-corrected chi connectivity index (χ3v) is 9.61. The van der Waals surface area contributed by atoms with Crippen molar-refractivity contribution in [1.29, 1.82) is 0 Å². The predicted octanol–water partition coefficient (Wildman–Crippen LogP) is -1.95. The predicted molar refractivity (Wildman–Crippen MR) is 204 cm³/mol. The van der Waals surface area contributed by atoms with E-state index >= 15 is 0 Å². The summed E-state index contributed by atoms with van der Waals surface area (Å²) >= 11 is 0. The molecule has 5 aromatic carbocycles.